The maximum atomic E-state index is 15.0. The number of carbonyl (C=O) groups is 2. The van der Waals surface area contributed by atoms with E-state index in [0.29, 0.717) is 49.0 Å². The van der Waals surface area contributed by atoms with Gasteiger partial charge in [0.1, 0.15) is 18.0 Å². The van der Waals surface area contributed by atoms with Crippen molar-refractivity contribution in [3.05, 3.63) is 47.9 Å². The Hall–Kier alpha value is -3.71. The van der Waals surface area contributed by atoms with Gasteiger partial charge < -0.3 is 25.0 Å². The van der Waals surface area contributed by atoms with Crippen LogP contribution in [0.2, 0.25) is 0 Å². The monoisotopic (exact) mass is 551 g/mol. The van der Waals surface area contributed by atoms with Crippen LogP contribution in [-0.2, 0) is 16.0 Å². The van der Waals surface area contributed by atoms with Crippen LogP contribution in [0.25, 0.3) is 11.1 Å². The number of amides is 2. The average molecular weight is 552 g/mol. The molecule has 2 saturated heterocycles. The number of ether oxygens (including phenoxy) is 2. The Labute approximate surface area is 235 Å². The summed E-state index contributed by atoms with van der Waals surface area (Å²) in [5, 5.41) is 9.23. The third-order valence-electron chi connectivity index (χ3n) is 7.67. The predicted molar refractivity (Wildman–Crippen MR) is 148 cm³/mol. The summed E-state index contributed by atoms with van der Waals surface area (Å²) >= 11 is 0. The van der Waals surface area contributed by atoms with Gasteiger partial charge in [0.25, 0.3) is 0 Å². The van der Waals surface area contributed by atoms with Gasteiger partial charge in [-0.25, -0.2) is 14.2 Å². The predicted octanol–water partition coefficient (Wildman–Crippen LogP) is 4.30. The van der Waals surface area contributed by atoms with Crippen molar-refractivity contribution in [2.45, 2.75) is 77.2 Å². The summed E-state index contributed by atoms with van der Waals surface area (Å²) in [6.45, 7) is 7.47. The topological polar surface area (TPSA) is 122 Å². The number of hydrogen-bond donors (Lipinski definition) is 1. The lowest BCUT2D eigenvalue weighted by Crippen LogP contribution is -2.46. The molecule has 0 bridgehead atoms. The van der Waals surface area contributed by atoms with Gasteiger partial charge >= 0.3 is 6.09 Å². The van der Waals surface area contributed by atoms with Gasteiger partial charge in [0.05, 0.1) is 18.2 Å². The van der Waals surface area contributed by atoms with E-state index in [-0.39, 0.29) is 30.6 Å². The van der Waals surface area contributed by atoms with Crippen LogP contribution in [0.4, 0.5) is 9.18 Å². The zero-order valence-corrected chi connectivity index (χ0v) is 23.4. The summed E-state index contributed by atoms with van der Waals surface area (Å²) < 4.78 is 26.3. The van der Waals surface area contributed by atoms with Crippen LogP contribution < -0.4 is 10.5 Å². The molecule has 3 heterocycles. The number of carbonyl (C=O) groups excluding carboxylic acids is 2. The maximum absolute atomic E-state index is 15.0. The molecule has 1 aromatic carbocycles. The SMILES string of the molecule is CC(C)OC(=O)N1CCC([C@@H](C)Oc2ccc(-c3ccc(C[C@H](N)C(=O)N4CCC[C@H]4C#N)c(F)c3)cn2)CC1. The zero-order chi connectivity index (χ0) is 28.8. The first-order valence-electron chi connectivity index (χ1n) is 14.0. The van der Waals surface area contributed by atoms with E-state index in [4.69, 9.17) is 15.2 Å². The molecular weight excluding hydrogens is 513 g/mol. The van der Waals surface area contributed by atoms with Gasteiger partial charge in [-0.05, 0) is 82.1 Å². The van der Waals surface area contributed by atoms with Gasteiger partial charge in [0, 0.05) is 37.5 Å². The molecule has 0 radical (unpaired) electrons. The second-order valence-corrected chi connectivity index (χ2v) is 10.9. The van der Waals surface area contributed by atoms with Crippen molar-refractivity contribution in [3.63, 3.8) is 0 Å². The summed E-state index contributed by atoms with van der Waals surface area (Å²) in [5.41, 5.74) is 7.83. The molecule has 9 nitrogen and oxygen atoms in total. The van der Waals surface area contributed by atoms with Gasteiger partial charge in [-0.15, -0.1) is 0 Å². The summed E-state index contributed by atoms with van der Waals surface area (Å²) in [6, 6.07) is 9.20. The number of aromatic nitrogens is 1. The molecule has 4 rings (SSSR count). The number of nitrogens with zero attached hydrogens (tertiary/aromatic N) is 4. The lowest BCUT2D eigenvalue weighted by Gasteiger charge is -2.34. The van der Waals surface area contributed by atoms with Gasteiger partial charge in [0.15, 0.2) is 0 Å². The number of piperidine rings is 1. The molecule has 0 unspecified atom stereocenters. The number of nitrogens with two attached hydrogens (primary N) is 1. The lowest BCUT2D eigenvalue weighted by molar-refractivity contribution is -0.132. The van der Waals surface area contributed by atoms with Crippen molar-refractivity contribution < 1.29 is 23.5 Å². The molecule has 2 amide bonds. The standard InChI is InChI=1S/C30H38FN5O4/c1-19(2)39-30(38)35-13-10-21(11-14-35)20(3)40-28-9-8-24(18-34-28)22-6-7-23(26(31)15-22)16-27(33)29(37)36-12-4-5-25(36)17-32/h6-9,15,18-21,25,27H,4-5,10-14,16,33H2,1-3H3/t20-,25+,27+/m1/s1. The van der Waals surface area contributed by atoms with Crippen LogP contribution in [0.1, 0.15) is 52.0 Å². The number of hydrogen-bond acceptors (Lipinski definition) is 7. The van der Waals surface area contributed by atoms with E-state index < -0.39 is 17.9 Å². The molecule has 0 saturated carbocycles. The fraction of sp³-hybridized carbons (Fsp3) is 0.533. The van der Waals surface area contributed by atoms with E-state index in [1.54, 1.807) is 29.3 Å². The second kappa shape index (κ2) is 13.1. The van der Waals surface area contributed by atoms with E-state index in [1.807, 2.05) is 26.8 Å². The minimum absolute atomic E-state index is 0.0559. The van der Waals surface area contributed by atoms with Crippen LogP contribution in [0.5, 0.6) is 5.88 Å². The number of halogens is 1. The van der Waals surface area contributed by atoms with Crippen molar-refractivity contribution in [3.8, 4) is 23.1 Å². The number of rotatable bonds is 8. The average Bonchev–Trinajstić information content (AvgIpc) is 3.43. The zero-order valence-electron chi connectivity index (χ0n) is 23.4. The highest BCUT2D eigenvalue weighted by molar-refractivity contribution is 5.83. The molecule has 40 heavy (non-hydrogen) atoms. The fourth-order valence-corrected chi connectivity index (χ4v) is 5.33. The summed E-state index contributed by atoms with van der Waals surface area (Å²) in [5.74, 6) is 0.00934. The van der Waals surface area contributed by atoms with Crippen LogP contribution in [0.15, 0.2) is 36.5 Å². The molecule has 0 spiro atoms. The van der Waals surface area contributed by atoms with E-state index >= 15 is 0 Å². The Morgan fingerprint density at radius 1 is 1.12 bits per heavy atom. The molecule has 2 aromatic rings. The Morgan fingerprint density at radius 3 is 2.48 bits per heavy atom. The van der Waals surface area contributed by atoms with Gasteiger partial charge in [-0.3, -0.25) is 4.79 Å². The number of likely N-dealkylation sites (tertiary alicyclic amines) is 2. The van der Waals surface area contributed by atoms with Crippen LogP contribution in [0.3, 0.4) is 0 Å². The molecule has 2 aliphatic rings. The first-order chi connectivity index (χ1) is 19.2. The normalized spacial score (nSPS) is 19.3. The van der Waals surface area contributed by atoms with Gasteiger partial charge in [0.2, 0.25) is 11.8 Å². The lowest BCUT2D eigenvalue weighted by atomic mass is 9.92. The third kappa shape index (κ3) is 7.07. The van der Waals surface area contributed by atoms with Crippen molar-refractivity contribution >= 4 is 12.0 Å². The van der Waals surface area contributed by atoms with Crippen molar-refractivity contribution in [2.24, 2.45) is 11.7 Å². The molecule has 3 atom stereocenters. The number of nitriles is 1. The molecule has 214 valence electrons. The highest BCUT2D eigenvalue weighted by atomic mass is 19.1. The first kappa shape index (κ1) is 29.3. The van der Waals surface area contributed by atoms with Crippen molar-refractivity contribution in [1.29, 1.82) is 5.26 Å². The molecule has 0 aliphatic carbocycles. The Kier molecular flexibility index (Phi) is 9.58. The fourth-order valence-electron chi connectivity index (χ4n) is 5.33. The minimum Gasteiger partial charge on any atom is -0.474 e. The van der Waals surface area contributed by atoms with Crippen molar-refractivity contribution in [2.75, 3.05) is 19.6 Å². The molecule has 10 heteroatoms. The van der Waals surface area contributed by atoms with E-state index in [2.05, 4.69) is 11.1 Å². The highest BCUT2D eigenvalue weighted by Gasteiger charge is 2.32. The van der Waals surface area contributed by atoms with Gasteiger partial charge in [-0.1, -0.05) is 12.1 Å². The Bertz CT molecular complexity index is 1220. The smallest absolute Gasteiger partial charge is 0.410 e. The molecule has 2 fully saturated rings. The van der Waals surface area contributed by atoms with Gasteiger partial charge in [-0.2, -0.15) is 5.26 Å². The van der Waals surface area contributed by atoms with E-state index in [0.717, 1.165) is 24.8 Å². The van der Waals surface area contributed by atoms with E-state index in [1.165, 1.54) is 11.0 Å². The summed E-state index contributed by atoms with van der Waals surface area (Å²) in [6.07, 6.45) is 4.28. The molecule has 2 N–H and O–H groups in total. The molecular formula is C30H38FN5O4. The molecule has 1 aromatic heterocycles. The van der Waals surface area contributed by atoms with Crippen LogP contribution in [0, 0.1) is 23.1 Å². The van der Waals surface area contributed by atoms with E-state index in [9.17, 15) is 19.2 Å². The Morgan fingerprint density at radius 2 is 1.85 bits per heavy atom. The molecule has 2 aliphatic heterocycles. The van der Waals surface area contributed by atoms with Crippen LogP contribution >= 0.6 is 0 Å². The number of pyridine rings is 1. The maximum Gasteiger partial charge on any atom is 0.410 e. The summed E-state index contributed by atoms with van der Waals surface area (Å²) in [7, 11) is 0. The van der Waals surface area contributed by atoms with Crippen LogP contribution in [-0.4, -0.2) is 70.7 Å². The highest BCUT2D eigenvalue weighted by Crippen LogP contribution is 2.27. The third-order valence-corrected chi connectivity index (χ3v) is 7.67. The quantitative estimate of drug-likeness (QED) is 0.519. The summed E-state index contributed by atoms with van der Waals surface area (Å²) in [4.78, 5) is 32.5. The largest absolute Gasteiger partial charge is 0.474 e. The Balaban J connectivity index is 1.30. The first-order valence-corrected chi connectivity index (χ1v) is 14.0. The number of benzene rings is 1. The minimum atomic E-state index is -0.907. The van der Waals surface area contributed by atoms with Crippen molar-refractivity contribution in [1.82, 2.24) is 14.8 Å². The second-order valence-electron chi connectivity index (χ2n) is 10.9.